The molecule has 0 fully saturated rings. The molecule has 1 atom stereocenters. The number of benzene rings is 1. The molecule has 0 spiro atoms. The lowest BCUT2D eigenvalue weighted by Crippen LogP contribution is -2.32. The molecule has 1 aliphatic carbocycles. The number of aromatic nitrogens is 2. The Labute approximate surface area is 148 Å². The minimum Gasteiger partial charge on any atom is -0.349 e. The number of sulfone groups is 1. The largest absolute Gasteiger partial charge is 0.349 e. The van der Waals surface area contributed by atoms with Gasteiger partial charge >= 0.3 is 0 Å². The van der Waals surface area contributed by atoms with Gasteiger partial charge in [0.1, 0.15) is 0 Å². The van der Waals surface area contributed by atoms with Gasteiger partial charge in [-0.15, -0.1) is 0 Å². The number of aryl methyl sites for hydroxylation is 2. The van der Waals surface area contributed by atoms with Crippen LogP contribution in [0.4, 0.5) is 0 Å². The van der Waals surface area contributed by atoms with Gasteiger partial charge in [0.25, 0.3) is 0 Å². The second kappa shape index (κ2) is 6.63. The average molecular weight is 361 g/mol. The van der Waals surface area contributed by atoms with Crippen LogP contribution in [0.15, 0.2) is 29.2 Å². The highest BCUT2D eigenvalue weighted by molar-refractivity contribution is 7.90. The number of carbonyl (C=O) groups is 1. The van der Waals surface area contributed by atoms with E-state index in [0.29, 0.717) is 0 Å². The van der Waals surface area contributed by atoms with Gasteiger partial charge in [-0.2, -0.15) is 5.10 Å². The van der Waals surface area contributed by atoms with Gasteiger partial charge in [0.2, 0.25) is 5.91 Å². The lowest BCUT2D eigenvalue weighted by atomic mass is 9.91. The first kappa shape index (κ1) is 17.7. The molecule has 1 heterocycles. The molecule has 2 aromatic rings. The number of nitrogens with zero attached hydrogens (tertiary/aromatic N) is 2. The Balaban J connectivity index is 1.70. The lowest BCUT2D eigenvalue weighted by molar-refractivity contribution is -0.121. The number of rotatable bonds is 4. The van der Waals surface area contributed by atoms with E-state index in [2.05, 4.69) is 10.4 Å². The van der Waals surface area contributed by atoms with Crippen LogP contribution >= 0.6 is 0 Å². The summed E-state index contributed by atoms with van der Waals surface area (Å²) in [5.41, 5.74) is 4.12. The van der Waals surface area contributed by atoms with Gasteiger partial charge in [-0.3, -0.25) is 9.48 Å². The maximum absolute atomic E-state index is 12.4. The van der Waals surface area contributed by atoms with Gasteiger partial charge < -0.3 is 5.32 Å². The van der Waals surface area contributed by atoms with Gasteiger partial charge in [-0.1, -0.05) is 12.1 Å². The maximum Gasteiger partial charge on any atom is 0.224 e. The summed E-state index contributed by atoms with van der Waals surface area (Å²) in [7, 11) is -1.27. The van der Waals surface area contributed by atoms with Crippen molar-refractivity contribution in [2.24, 2.45) is 7.05 Å². The number of hydrogen-bond donors (Lipinski definition) is 1. The molecule has 0 aliphatic heterocycles. The number of fused-ring (bicyclic) bond motifs is 1. The summed E-state index contributed by atoms with van der Waals surface area (Å²) in [6.45, 7) is 1.98. The fourth-order valence-electron chi connectivity index (χ4n) is 3.52. The topological polar surface area (TPSA) is 81.1 Å². The Morgan fingerprint density at radius 1 is 1.32 bits per heavy atom. The van der Waals surface area contributed by atoms with Crippen LogP contribution in [0, 0.1) is 6.92 Å². The molecular weight excluding hydrogens is 338 g/mol. The third-order valence-corrected chi connectivity index (χ3v) is 5.83. The van der Waals surface area contributed by atoms with E-state index in [1.165, 1.54) is 11.9 Å². The van der Waals surface area contributed by atoms with Crippen molar-refractivity contribution in [2.45, 2.75) is 43.5 Å². The minimum absolute atomic E-state index is 0.000225. The van der Waals surface area contributed by atoms with Gasteiger partial charge in [0.05, 0.1) is 23.1 Å². The number of amides is 1. The molecule has 0 saturated carbocycles. The van der Waals surface area contributed by atoms with E-state index in [1.807, 2.05) is 18.7 Å². The first-order valence-electron chi connectivity index (χ1n) is 8.36. The summed E-state index contributed by atoms with van der Waals surface area (Å²) in [6.07, 6.45) is 4.34. The Morgan fingerprint density at radius 2 is 2.00 bits per heavy atom. The number of carbonyl (C=O) groups excluding carboxylic acids is 1. The van der Waals surface area contributed by atoms with E-state index in [-0.39, 0.29) is 23.3 Å². The maximum atomic E-state index is 12.4. The summed E-state index contributed by atoms with van der Waals surface area (Å²) in [5, 5.41) is 7.59. The highest BCUT2D eigenvalue weighted by atomic mass is 32.2. The zero-order valence-electron chi connectivity index (χ0n) is 14.7. The molecule has 0 radical (unpaired) electrons. The van der Waals surface area contributed by atoms with E-state index >= 15 is 0 Å². The molecular formula is C18H23N3O3S. The van der Waals surface area contributed by atoms with Crippen LogP contribution < -0.4 is 5.32 Å². The molecule has 3 rings (SSSR count). The first-order chi connectivity index (χ1) is 11.8. The zero-order chi connectivity index (χ0) is 18.2. The molecule has 134 valence electrons. The third kappa shape index (κ3) is 3.76. The summed E-state index contributed by atoms with van der Waals surface area (Å²) >= 11 is 0. The van der Waals surface area contributed by atoms with Gasteiger partial charge in [-0.25, -0.2) is 8.42 Å². The Morgan fingerprint density at radius 3 is 2.64 bits per heavy atom. The molecule has 1 N–H and O–H groups in total. The van der Waals surface area contributed by atoms with Crippen molar-refractivity contribution in [3.63, 3.8) is 0 Å². The molecule has 1 amide bonds. The normalized spacial score (nSPS) is 17.2. The average Bonchev–Trinajstić information content (AvgIpc) is 2.82. The SMILES string of the molecule is Cc1nn(C)c2c1C(NC(=O)Cc1ccc(S(C)(=O)=O)cc1)CCC2. The fraction of sp³-hybridized carbons (Fsp3) is 0.444. The molecule has 1 aromatic carbocycles. The summed E-state index contributed by atoms with van der Waals surface area (Å²) in [4.78, 5) is 12.7. The fourth-order valence-corrected chi connectivity index (χ4v) is 4.15. The monoisotopic (exact) mass is 361 g/mol. The molecule has 7 heteroatoms. The van der Waals surface area contributed by atoms with E-state index in [4.69, 9.17) is 0 Å². The van der Waals surface area contributed by atoms with Gasteiger partial charge in [0.15, 0.2) is 9.84 Å². The molecule has 1 unspecified atom stereocenters. The van der Waals surface area contributed by atoms with Gasteiger partial charge in [0, 0.05) is 24.6 Å². The minimum atomic E-state index is -3.22. The van der Waals surface area contributed by atoms with Crippen LogP contribution in [0.5, 0.6) is 0 Å². The Hall–Kier alpha value is -2.15. The number of nitrogens with one attached hydrogen (secondary N) is 1. The summed E-state index contributed by atoms with van der Waals surface area (Å²) < 4.78 is 24.9. The standard InChI is InChI=1S/C18H23N3O3S/c1-12-18-15(5-4-6-16(18)21(2)20-12)19-17(22)11-13-7-9-14(10-8-13)25(3,23)24/h7-10,15H,4-6,11H2,1-3H3,(H,19,22). The van der Waals surface area contributed by atoms with Crippen LogP contribution in [0.3, 0.4) is 0 Å². The Kier molecular flexibility index (Phi) is 4.69. The van der Waals surface area contributed by atoms with Crippen LogP contribution in [-0.4, -0.2) is 30.4 Å². The number of hydrogen-bond acceptors (Lipinski definition) is 4. The Bertz CT molecular complexity index is 898. The second-order valence-electron chi connectivity index (χ2n) is 6.67. The lowest BCUT2D eigenvalue weighted by Gasteiger charge is -2.24. The zero-order valence-corrected chi connectivity index (χ0v) is 15.6. The third-order valence-electron chi connectivity index (χ3n) is 4.70. The van der Waals surface area contributed by atoms with Crippen molar-refractivity contribution in [1.82, 2.24) is 15.1 Å². The van der Waals surface area contributed by atoms with Crippen molar-refractivity contribution in [2.75, 3.05) is 6.26 Å². The van der Waals surface area contributed by atoms with E-state index in [1.54, 1.807) is 24.3 Å². The van der Waals surface area contributed by atoms with Gasteiger partial charge in [-0.05, 0) is 43.9 Å². The quantitative estimate of drug-likeness (QED) is 0.901. The highest BCUT2D eigenvalue weighted by Gasteiger charge is 2.27. The molecule has 0 bridgehead atoms. The molecule has 1 aliphatic rings. The van der Waals surface area contributed by atoms with Crippen molar-refractivity contribution in [1.29, 1.82) is 0 Å². The predicted molar refractivity (Wildman–Crippen MR) is 95.0 cm³/mol. The molecule has 0 saturated heterocycles. The predicted octanol–water partition coefficient (Wildman–Crippen LogP) is 1.87. The summed E-state index contributed by atoms with van der Waals surface area (Å²) in [6, 6.07) is 6.47. The second-order valence-corrected chi connectivity index (χ2v) is 8.69. The highest BCUT2D eigenvalue weighted by Crippen LogP contribution is 2.31. The van der Waals surface area contributed by atoms with Crippen molar-refractivity contribution < 1.29 is 13.2 Å². The van der Waals surface area contributed by atoms with Crippen LogP contribution in [0.25, 0.3) is 0 Å². The van der Waals surface area contributed by atoms with E-state index in [9.17, 15) is 13.2 Å². The van der Waals surface area contributed by atoms with Crippen molar-refractivity contribution >= 4 is 15.7 Å². The smallest absolute Gasteiger partial charge is 0.224 e. The molecule has 1 aromatic heterocycles. The van der Waals surface area contributed by atoms with E-state index in [0.717, 1.165) is 36.1 Å². The van der Waals surface area contributed by atoms with Crippen LogP contribution in [0.1, 0.15) is 41.4 Å². The van der Waals surface area contributed by atoms with Crippen molar-refractivity contribution in [3.05, 3.63) is 46.8 Å². The van der Waals surface area contributed by atoms with Crippen LogP contribution in [-0.2, 0) is 34.5 Å². The summed E-state index contributed by atoms with van der Waals surface area (Å²) in [5.74, 6) is -0.0618. The first-order valence-corrected chi connectivity index (χ1v) is 10.3. The van der Waals surface area contributed by atoms with Crippen molar-refractivity contribution in [3.8, 4) is 0 Å². The molecule has 6 nitrogen and oxygen atoms in total. The van der Waals surface area contributed by atoms with E-state index < -0.39 is 9.84 Å². The van der Waals surface area contributed by atoms with Crippen LogP contribution in [0.2, 0.25) is 0 Å². The molecule has 25 heavy (non-hydrogen) atoms.